The molecule has 0 unspecified atom stereocenters. The molecule has 0 aromatic heterocycles. The Morgan fingerprint density at radius 3 is 2.67 bits per heavy atom. The van der Waals surface area contributed by atoms with Gasteiger partial charge in [0.1, 0.15) is 5.75 Å². The van der Waals surface area contributed by atoms with Crippen molar-refractivity contribution < 1.29 is 19.4 Å². The van der Waals surface area contributed by atoms with Crippen LogP contribution in [0, 0.1) is 0 Å². The molecule has 0 aliphatic carbocycles. The van der Waals surface area contributed by atoms with Crippen molar-refractivity contribution in [2.75, 3.05) is 32.1 Å². The molecule has 0 spiro atoms. The Morgan fingerprint density at radius 1 is 1.29 bits per heavy atom. The van der Waals surface area contributed by atoms with Crippen molar-refractivity contribution in [2.45, 2.75) is 13.3 Å². The van der Waals surface area contributed by atoms with E-state index in [9.17, 15) is 9.59 Å². The van der Waals surface area contributed by atoms with Crippen LogP contribution in [0.15, 0.2) is 18.2 Å². The van der Waals surface area contributed by atoms with Crippen molar-refractivity contribution in [3.05, 3.63) is 23.8 Å². The molecule has 2 amide bonds. The number of carbonyl (C=O) groups is 2. The van der Waals surface area contributed by atoms with Crippen LogP contribution in [0.2, 0.25) is 0 Å². The average molecular weight is 295 g/mol. The average Bonchev–Trinajstić information content (AvgIpc) is 2.46. The number of urea groups is 1. The van der Waals surface area contributed by atoms with Crippen LogP contribution in [0.4, 0.5) is 10.5 Å². The maximum atomic E-state index is 11.7. The van der Waals surface area contributed by atoms with Crippen LogP contribution in [0.5, 0.6) is 5.75 Å². The summed E-state index contributed by atoms with van der Waals surface area (Å²) in [6, 6.07) is 3.89. The standard InChI is InChI=1S/C14H21N3O4/c1-3-15-7-4-8-16-14(20)17-11-9-10(13(18)19)5-6-12(11)21-2/h5-6,9,15H,3-4,7-8H2,1-2H3,(H,18,19)(H2,16,17,20). The topological polar surface area (TPSA) is 99.7 Å². The summed E-state index contributed by atoms with van der Waals surface area (Å²) >= 11 is 0. The van der Waals surface area contributed by atoms with E-state index in [1.54, 1.807) is 0 Å². The summed E-state index contributed by atoms with van der Waals surface area (Å²) < 4.78 is 5.09. The van der Waals surface area contributed by atoms with E-state index in [-0.39, 0.29) is 5.56 Å². The zero-order chi connectivity index (χ0) is 15.7. The van der Waals surface area contributed by atoms with E-state index in [0.717, 1.165) is 19.5 Å². The minimum Gasteiger partial charge on any atom is -0.495 e. The van der Waals surface area contributed by atoms with Gasteiger partial charge in [-0.1, -0.05) is 6.92 Å². The molecule has 0 aliphatic heterocycles. The van der Waals surface area contributed by atoms with Gasteiger partial charge in [0, 0.05) is 6.54 Å². The highest BCUT2D eigenvalue weighted by atomic mass is 16.5. The Bertz CT molecular complexity index is 491. The minimum absolute atomic E-state index is 0.0817. The van der Waals surface area contributed by atoms with Crippen LogP contribution in [-0.4, -0.2) is 43.9 Å². The van der Waals surface area contributed by atoms with Gasteiger partial charge in [0.2, 0.25) is 0 Å². The second-order valence-corrected chi connectivity index (χ2v) is 4.31. The molecule has 0 radical (unpaired) electrons. The number of ether oxygens (including phenoxy) is 1. The van der Waals surface area contributed by atoms with Gasteiger partial charge in [0.05, 0.1) is 18.4 Å². The first-order valence-corrected chi connectivity index (χ1v) is 6.75. The highest BCUT2D eigenvalue weighted by Gasteiger charge is 2.11. The molecule has 7 heteroatoms. The van der Waals surface area contributed by atoms with Crippen LogP contribution in [-0.2, 0) is 0 Å². The van der Waals surface area contributed by atoms with E-state index in [0.29, 0.717) is 18.0 Å². The maximum Gasteiger partial charge on any atom is 0.335 e. The summed E-state index contributed by atoms with van der Waals surface area (Å²) in [6.07, 6.45) is 0.813. The first kappa shape index (κ1) is 16.8. The van der Waals surface area contributed by atoms with Gasteiger partial charge in [-0.3, -0.25) is 0 Å². The highest BCUT2D eigenvalue weighted by Crippen LogP contribution is 2.25. The molecule has 1 aromatic carbocycles. The molecule has 0 atom stereocenters. The molecule has 0 saturated carbocycles. The second kappa shape index (κ2) is 8.80. The number of amides is 2. The Balaban J connectivity index is 2.57. The van der Waals surface area contributed by atoms with E-state index >= 15 is 0 Å². The Kier molecular flexibility index (Phi) is 7.03. The molecule has 21 heavy (non-hydrogen) atoms. The Labute approximate surface area is 123 Å². The van der Waals surface area contributed by atoms with Gasteiger partial charge in [0.15, 0.2) is 0 Å². The number of rotatable bonds is 8. The molecule has 0 fully saturated rings. The fraction of sp³-hybridized carbons (Fsp3) is 0.429. The van der Waals surface area contributed by atoms with Crippen LogP contribution < -0.4 is 20.7 Å². The molecule has 0 aliphatic rings. The van der Waals surface area contributed by atoms with Crippen molar-refractivity contribution in [3.63, 3.8) is 0 Å². The number of carboxylic acid groups (broad SMARTS) is 1. The van der Waals surface area contributed by atoms with E-state index in [1.165, 1.54) is 25.3 Å². The fourth-order valence-corrected chi connectivity index (χ4v) is 1.70. The first-order valence-electron chi connectivity index (χ1n) is 6.75. The third kappa shape index (κ3) is 5.70. The third-order valence-electron chi connectivity index (χ3n) is 2.76. The predicted octanol–water partition coefficient (Wildman–Crippen LogP) is 1.51. The van der Waals surface area contributed by atoms with Crippen molar-refractivity contribution in [2.24, 2.45) is 0 Å². The molecule has 0 bridgehead atoms. The van der Waals surface area contributed by atoms with Gasteiger partial charge in [-0.25, -0.2) is 9.59 Å². The number of nitrogens with one attached hydrogen (secondary N) is 3. The molecule has 116 valence electrons. The van der Waals surface area contributed by atoms with Crippen molar-refractivity contribution in [1.29, 1.82) is 0 Å². The number of benzene rings is 1. The van der Waals surface area contributed by atoms with Crippen LogP contribution in [0.25, 0.3) is 0 Å². The number of methoxy groups -OCH3 is 1. The molecule has 0 saturated heterocycles. The second-order valence-electron chi connectivity index (χ2n) is 4.31. The van der Waals surface area contributed by atoms with Gasteiger partial charge in [0.25, 0.3) is 0 Å². The van der Waals surface area contributed by atoms with Crippen LogP contribution in [0.1, 0.15) is 23.7 Å². The third-order valence-corrected chi connectivity index (χ3v) is 2.76. The van der Waals surface area contributed by atoms with Gasteiger partial charge in [-0.2, -0.15) is 0 Å². The quantitative estimate of drug-likeness (QED) is 0.545. The molecule has 0 heterocycles. The smallest absolute Gasteiger partial charge is 0.335 e. The fourth-order valence-electron chi connectivity index (χ4n) is 1.70. The summed E-state index contributed by atoms with van der Waals surface area (Å²) in [6.45, 7) is 4.27. The van der Waals surface area contributed by atoms with Gasteiger partial charge < -0.3 is 25.8 Å². The van der Waals surface area contributed by atoms with E-state index < -0.39 is 12.0 Å². The maximum absolute atomic E-state index is 11.7. The van der Waals surface area contributed by atoms with Crippen molar-refractivity contribution >= 4 is 17.7 Å². The summed E-state index contributed by atoms with van der Waals surface area (Å²) in [5, 5.41) is 17.4. The Hall–Kier alpha value is -2.28. The highest BCUT2D eigenvalue weighted by molar-refractivity contribution is 5.94. The van der Waals surface area contributed by atoms with Crippen molar-refractivity contribution in [3.8, 4) is 5.75 Å². The molecule has 4 N–H and O–H groups in total. The zero-order valence-electron chi connectivity index (χ0n) is 12.2. The summed E-state index contributed by atoms with van der Waals surface area (Å²) in [7, 11) is 1.45. The van der Waals surface area contributed by atoms with E-state index in [4.69, 9.17) is 9.84 Å². The number of carboxylic acids is 1. The van der Waals surface area contributed by atoms with Gasteiger partial charge in [-0.05, 0) is 37.7 Å². The number of hydrogen-bond acceptors (Lipinski definition) is 4. The van der Waals surface area contributed by atoms with Gasteiger partial charge in [-0.15, -0.1) is 0 Å². The molecular weight excluding hydrogens is 274 g/mol. The normalized spacial score (nSPS) is 10.0. The minimum atomic E-state index is -1.06. The summed E-state index contributed by atoms with van der Waals surface area (Å²) in [5.41, 5.74) is 0.403. The number of carbonyl (C=O) groups excluding carboxylic acids is 1. The van der Waals surface area contributed by atoms with E-state index in [1.807, 2.05) is 6.92 Å². The lowest BCUT2D eigenvalue weighted by Crippen LogP contribution is -2.31. The first-order chi connectivity index (χ1) is 10.1. The molecular formula is C14H21N3O4. The van der Waals surface area contributed by atoms with E-state index in [2.05, 4.69) is 16.0 Å². The molecule has 7 nitrogen and oxygen atoms in total. The predicted molar refractivity (Wildman–Crippen MR) is 80.1 cm³/mol. The lowest BCUT2D eigenvalue weighted by atomic mass is 10.2. The number of hydrogen-bond donors (Lipinski definition) is 4. The lowest BCUT2D eigenvalue weighted by molar-refractivity contribution is 0.0697. The zero-order valence-corrected chi connectivity index (χ0v) is 12.2. The van der Waals surface area contributed by atoms with Crippen LogP contribution >= 0.6 is 0 Å². The lowest BCUT2D eigenvalue weighted by Gasteiger charge is -2.12. The van der Waals surface area contributed by atoms with Crippen molar-refractivity contribution in [1.82, 2.24) is 10.6 Å². The SMILES string of the molecule is CCNCCCNC(=O)Nc1cc(C(=O)O)ccc1OC. The van der Waals surface area contributed by atoms with Gasteiger partial charge >= 0.3 is 12.0 Å². The molecule has 1 aromatic rings. The monoisotopic (exact) mass is 295 g/mol. The summed E-state index contributed by atoms with van der Waals surface area (Å²) in [5.74, 6) is -0.658. The Morgan fingerprint density at radius 2 is 2.05 bits per heavy atom. The largest absolute Gasteiger partial charge is 0.495 e. The number of aromatic carboxylic acids is 1. The van der Waals surface area contributed by atoms with Crippen LogP contribution in [0.3, 0.4) is 0 Å². The number of anilines is 1. The summed E-state index contributed by atoms with van der Waals surface area (Å²) in [4.78, 5) is 22.7. The molecule has 1 rings (SSSR count).